The molecule has 0 unspecified atom stereocenters. The third-order valence-electron chi connectivity index (χ3n) is 3.72. The van der Waals surface area contributed by atoms with Crippen LogP contribution in [0.15, 0.2) is 18.3 Å². The highest BCUT2D eigenvalue weighted by atomic mass is 35.5. The number of halogens is 2. The molecule has 0 spiro atoms. The molecule has 2 rings (SSSR count). The van der Waals surface area contributed by atoms with Crippen molar-refractivity contribution in [1.29, 1.82) is 0 Å². The summed E-state index contributed by atoms with van der Waals surface area (Å²) in [5.74, 6) is 0.332. The van der Waals surface area contributed by atoms with E-state index in [0.717, 1.165) is 16.8 Å². The zero-order valence-electron chi connectivity index (χ0n) is 14.8. The van der Waals surface area contributed by atoms with Crippen molar-refractivity contribution in [2.24, 2.45) is 0 Å². The van der Waals surface area contributed by atoms with E-state index in [4.69, 9.17) is 23.2 Å². The third-order valence-corrected chi connectivity index (χ3v) is 4.19. The van der Waals surface area contributed by atoms with Gasteiger partial charge in [0, 0.05) is 16.8 Å². The Bertz CT molecular complexity index is 727. The summed E-state index contributed by atoms with van der Waals surface area (Å²) in [6, 6.07) is 3.85. The molecular formula is C18H23Cl2N3O. The lowest BCUT2D eigenvalue weighted by Gasteiger charge is -2.28. The van der Waals surface area contributed by atoms with Gasteiger partial charge in [0.15, 0.2) is 5.15 Å². The Labute approximate surface area is 153 Å². The first-order chi connectivity index (χ1) is 10.9. The topological polar surface area (TPSA) is 58.0 Å². The van der Waals surface area contributed by atoms with Gasteiger partial charge in [-0.15, -0.1) is 0 Å². The van der Waals surface area contributed by atoms with E-state index in [2.05, 4.69) is 56.8 Å². The number of aromatic hydroxyl groups is 1. The number of anilines is 2. The quantitative estimate of drug-likeness (QED) is 0.398. The number of nitrogens with one attached hydrogen (secondary N) is 1. The number of nitrogens with zero attached hydrogens (tertiary/aromatic N) is 2. The monoisotopic (exact) mass is 367 g/mol. The number of hydrogen-bond donors (Lipinski definition) is 2. The molecule has 1 aromatic heterocycles. The average molecular weight is 368 g/mol. The smallest absolute Gasteiger partial charge is 0.223 e. The van der Waals surface area contributed by atoms with Gasteiger partial charge in [-0.25, -0.2) is 9.97 Å². The minimum absolute atomic E-state index is 0.0991. The standard InChI is InChI=1S/C18H23Cl2N3O/c1-17(2,3)11-7-10(8-12(14(11)24)18(4,5)6)22-13-9-21-16(20)23-15(13)19/h7-9,22,24H,1-6H3. The van der Waals surface area contributed by atoms with Crippen molar-refractivity contribution < 1.29 is 5.11 Å². The molecule has 24 heavy (non-hydrogen) atoms. The van der Waals surface area contributed by atoms with Crippen molar-refractivity contribution >= 4 is 34.6 Å². The Balaban J connectivity index is 2.58. The highest BCUT2D eigenvalue weighted by molar-refractivity contribution is 6.33. The second-order valence-corrected chi connectivity index (χ2v) is 8.58. The summed E-state index contributed by atoms with van der Waals surface area (Å²) in [5.41, 5.74) is 2.69. The Kier molecular flexibility index (Phi) is 5.03. The molecule has 0 saturated carbocycles. The molecule has 4 nitrogen and oxygen atoms in total. The van der Waals surface area contributed by atoms with E-state index in [1.54, 1.807) is 0 Å². The summed E-state index contributed by atoms with van der Waals surface area (Å²) in [4.78, 5) is 7.89. The summed E-state index contributed by atoms with van der Waals surface area (Å²) >= 11 is 11.9. The minimum atomic E-state index is -0.206. The summed E-state index contributed by atoms with van der Waals surface area (Å²) < 4.78 is 0. The maximum absolute atomic E-state index is 10.7. The SMILES string of the molecule is CC(C)(C)c1cc(Nc2cnc(Cl)nc2Cl)cc(C(C)(C)C)c1O. The van der Waals surface area contributed by atoms with Gasteiger partial charge in [-0.1, -0.05) is 53.1 Å². The molecule has 6 heteroatoms. The van der Waals surface area contributed by atoms with Crippen LogP contribution in [0.25, 0.3) is 0 Å². The van der Waals surface area contributed by atoms with E-state index < -0.39 is 0 Å². The second kappa shape index (κ2) is 6.41. The van der Waals surface area contributed by atoms with Gasteiger partial charge in [-0.05, 0) is 34.6 Å². The van der Waals surface area contributed by atoms with Gasteiger partial charge in [0.25, 0.3) is 0 Å². The fraction of sp³-hybridized carbons (Fsp3) is 0.444. The van der Waals surface area contributed by atoms with Crippen LogP contribution in [0.2, 0.25) is 10.4 Å². The van der Waals surface area contributed by atoms with Crippen molar-refractivity contribution in [2.45, 2.75) is 52.4 Å². The lowest BCUT2D eigenvalue weighted by molar-refractivity contribution is 0.423. The molecule has 0 aliphatic heterocycles. The van der Waals surface area contributed by atoms with Gasteiger partial charge in [0.1, 0.15) is 5.75 Å². The molecule has 0 aliphatic rings. The Hall–Kier alpha value is -1.52. The first-order valence-corrected chi connectivity index (χ1v) is 8.48. The first kappa shape index (κ1) is 18.8. The highest BCUT2D eigenvalue weighted by Crippen LogP contribution is 2.41. The van der Waals surface area contributed by atoms with Crippen LogP contribution in [0.4, 0.5) is 11.4 Å². The molecule has 1 aromatic carbocycles. The van der Waals surface area contributed by atoms with E-state index in [-0.39, 0.29) is 21.3 Å². The number of phenolic OH excluding ortho intramolecular Hbond substituents is 1. The van der Waals surface area contributed by atoms with Crippen molar-refractivity contribution in [2.75, 3.05) is 5.32 Å². The van der Waals surface area contributed by atoms with Crippen molar-refractivity contribution in [1.82, 2.24) is 9.97 Å². The molecule has 0 aliphatic carbocycles. The van der Waals surface area contributed by atoms with E-state index in [1.165, 1.54) is 6.20 Å². The minimum Gasteiger partial charge on any atom is -0.507 e. The predicted octanol–water partition coefficient (Wildman–Crippen LogP) is 5.83. The molecule has 0 bridgehead atoms. The molecule has 1 heterocycles. The maximum atomic E-state index is 10.7. The normalized spacial score (nSPS) is 12.3. The van der Waals surface area contributed by atoms with Crippen molar-refractivity contribution in [3.8, 4) is 5.75 Å². The van der Waals surface area contributed by atoms with Crippen LogP contribution in [0.5, 0.6) is 5.75 Å². The lowest BCUT2D eigenvalue weighted by atomic mass is 9.79. The average Bonchev–Trinajstić information content (AvgIpc) is 2.41. The van der Waals surface area contributed by atoms with E-state index in [0.29, 0.717) is 11.4 Å². The van der Waals surface area contributed by atoms with E-state index >= 15 is 0 Å². The molecule has 0 fully saturated rings. The van der Waals surface area contributed by atoms with Crippen LogP contribution < -0.4 is 5.32 Å². The first-order valence-electron chi connectivity index (χ1n) is 7.72. The fourth-order valence-electron chi connectivity index (χ4n) is 2.43. The van der Waals surface area contributed by atoms with Crippen molar-refractivity contribution in [3.05, 3.63) is 39.9 Å². The molecule has 2 aromatic rings. The molecule has 0 atom stereocenters. The van der Waals surface area contributed by atoms with E-state index in [9.17, 15) is 5.11 Å². The third kappa shape index (κ3) is 4.11. The lowest BCUT2D eigenvalue weighted by Crippen LogP contribution is -2.17. The Morgan fingerprint density at radius 3 is 1.88 bits per heavy atom. The highest BCUT2D eigenvalue weighted by Gasteiger charge is 2.26. The van der Waals surface area contributed by atoms with Crippen LogP contribution in [0.3, 0.4) is 0 Å². The van der Waals surface area contributed by atoms with Gasteiger partial charge in [-0.3, -0.25) is 0 Å². The van der Waals surface area contributed by atoms with Gasteiger partial charge in [-0.2, -0.15) is 0 Å². The summed E-state index contributed by atoms with van der Waals surface area (Å²) in [6.45, 7) is 12.4. The van der Waals surface area contributed by atoms with Crippen LogP contribution >= 0.6 is 23.2 Å². The number of aromatic nitrogens is 2. The van der Waals surface area contributed by atoms with Crippen molar-refractivity contribution in [3.63, 3.8) is 0 Å². The fourth-order valence-corrected chi connectivity index (χ4v) is 2.78. The summed E-state index contributed by atoms with van der Waals surface area (Å²) in [7, 11) is 0. The molecule has 2 N–H and O–H groups in total. The van der Waals surface area contributed by atoms with Crippen LogP contribution in [-0.2, 0) is 10.8 Å². The molecule has 0 radical (unpaired) electrons. The van der Waals surface area contributed by atoms with Crippen LogP contribution in [0, 0.1) is 0 Å². The molecule has 130 valence electrons. The van der Waals surface area contributed by atoms with Gasteiger partial charge in [0.2, 0.25) is 5.28 Å². The summed E-state index contributed by atoms with van der Waals surface area (Å²) in [6.07, 6.45) is 1.54. The Morgan fingerprint density at radius 2 is 1.46 bits per heavy atom. The van der Waals surface area contributed by atoms with Gasteiger partial charge in [0.05, 0.1) is 11.9 Å². The second-order valence-electron chi connectivity index (χ2n) is 7.89. The maximum Gasteiger partial charge on any atom is 0.223 e. The van der Waals surface area contributed by atoms with Crippen LogP contribution in [-0.4, -0.2) is 15.1 Å². The number of hydrogen-bond acceptors (Lipinski definition) is 4. The molecular weight excluding hydrogens is 345 g/mol. The number of phenols is 1. The summed E-state index contributed by atoms with van der Waals surface area (Å²) in [5, 5.41) is 14.3. The zero-order valence-corrected chi connectivity index (χ0v) is 16.3. The van der Waals surface area contributed by atoms with E-state index in [1.807, 2.05) is 12.1 Å². The largest absolute Gasteiger partial charge is 0.507 e. The Morgan fingerprint density at radius 1 is 0.958 bits per heavy atom. The number of benzene rings is 1. The van der Waals surface area contributed by atoms with Gasteiger partial charge < -0.3 is 10.4 Å². The van der Waals surface area contributed by atoms with Gasteiger partial charge >= 0.3 is 0 Å². The predicted molar refractivity (Wildman–Crippen MR) is 101 cm³/mol. The zero-order chi connectivity index (χ0) is 18.3. The molecule has 0 amide bonds. The molecule has 0 saturated heterocycles. The van der Waals surface area contributed by atoms with Crippen LogP contribution in [0.1, 0.15) is 52.7 Å². The number of rotatable bonds is 2.